The van der Waals surface area contributed by atoms with Crippen LogP contribution in [0.1, 0.15) is 33.9 Å². The third-order valence-electron chi connectivity index (χ3n) is 5.75. The zero-order chi connectivity index (χ0) is 27.7. The second-order valence-electron chi connectivity index (χ2n) is 8.41. The van der Waals surface area contributed by atoms with Gasteiger partial charge in [0, 0.05) is 19.5 Å². The highest BCUT2D eigenvalue weighted by Gasteiger charge is 2.28. The van der Waals surface area contributed by atoms with Crippen molar-refractivity contribution in [2.75, 3.05) is 0 Å². The molecule has 0 radical (unpaired) electrons. The number of aromatic nitrogens is 2. The van der Waals surface area contributed by atoms with Gasteiger partial charge < -0.3 is 9.47 Å². The Labute approximate surface area is 231 Å². The summed E-state index contributed by atoms with van der Waals surface area (Å²) in [7, 11) is 0. The summed E-state index contributed by atoms with van der Waals surface area (Å²) in [6.45, 7) is 2.54. The van der Waals surface area contributed by atoms with Crippen LogP contribution in [0.3, 0.4) is 0 Å². The van der Waals surface area contributed by atoms with Crippen LogP contribution in [0.2, 0.25) is 0 Å². The van der Waals surface area contributed by atoms with Crippen LogP contribution in [-0.4, -0.2) is 26.9 Å². The number of carbonyl (C=O) groups excluding carboxylic acids is 3. The first-order chi connectivity index (χ1) is 18.8. The standard InChI is InChI=1S/C29H20N2O6S2/c1-17(32)25-24(37-28(35)21-15-9-10-16-22(21)36-18(2)33)23-26(34)30(19-11-5-3-6-12-19)29(38)31(27(23)39-25)20-13-7-4-8-14-20/h3-16H,1-2H3. The van der Waals surface area contributed by atoms with Gasteiger partial charge in [0.05, 0.1) is 5.69 Å². The van der Waals surface area contributed by atoms with Gasteiger partial charge in [-0.25, -0.2) is 4.79 Å². The Balaban J connectivity index is 1.82. The first-order valence-corrected chi connectivity index (χ1v) is 13.0. The van der Waals surface area contributed by atoms with E-state index in [0.717, 1.165) is 11.3 Å². The number of rotatable bonds is 6. The van der Waals surface area contributed by atoms with E-state index in [1.807, 2.05) is 36.4 Å². The molecular formula is C29H20N2O6S2. The Bertz CT molecular complexity index is 1870. The summed E-state index contributed by atoms with van der Waals surface area (Å²) in [5, 5.41) is 0.0184. The fourth-order valence-corrected chi connectivity index (χ4v) is 5.68. The van der Waals surface area contributed by atoms with Gasteiger partial charge in [-0.15, -0.1) is 11.3 Å². The summed E-state index contributed by atoms with van der Waals surface area (Å²) in [6, 6.07) is 24.0. The van der Waals surface area contributed by atoms with Crippen molar-refractivity contribution in [3.05, 3.63) is 110 Å². The van der Waals surface area contributed by atoms with Crippen LogP contribution in [-0.2, 0) is 4.79 Å². The summed E-state index contributed by atoms with van der Waals surface area (Å²) >= 11 is 6.81. The van der Waals surface area contributed by atoms with E-state index in [1.165, 1.54) is 30.5 Å². The molecule has 194 valence electrons. The molecule has 0 spiro atoms. The molecule has 5 aromatic rings. The van der Waals surface area contributed by atoms with Crippen molar-refractivity contribution in [2.24, 2.45) is 0 Å². The Kier molecular flexibility index (Phi) is 7.05. The first kappa shape index (κ1) is 26.0. The lowest BCUT2D eigenvalue weighted by atomic mass is 10.2. The molecule has 0 fully saturated rings. The molecule has 10 heteroatoms. The van der Waals surface area contributed by atoms with Crippen LogP contribution in [0, 0.1) is 4.77 Å². The van der Waals surface area contributed by atoms with E-state index in [0.29, 0.717) is 16.2 Å². The molecule has 0 saturated carbocycles. The summed E-state index contributed by atoms with van der Waals surface area (Å²) in [4.78, 5) is 52.2. The lowest BCUT2D eigenvalue weighted by Crippen LogP contribution is -2.24. The largest absolute Gasteiger partial charge is 0.426 e. The van der Waals surface area contributed by atoms with Crippen molar-refractivity contribution in [2.45, 2.75) is 13.8 Å². The number of fused-ring (bicyclic) bond motifs is 1. The third-order valence-corrected chi connectivity index (χ3v) is 7.37. The maximum Gasteiger partial charge on any atom is 0.347 e. The third kappa shape index (κ3) is 4.83. The second kappa shape index (κ2) is 10.6. The lowest BCUT2D eigenvalue weighted by Gasteiger charge is -2.15. The molecule has 0 saturated heterocycles. The van der Waals surface area contributed by atoms with E-state index in [4.69, 9.17) is 21.7 Å². The number of carbonyl (C=O) groups is 3. The van der Waals surface area contributed by atoms with Gasteiger partial charge in [0.2, 0.25) is 0 Å². The molecule has 0 aliphatic carbocycles. The summed E-state index contributed by atoms with van der Waals surface area (Å²) in [6.07, 6.45) is 0. The van der Waals surface area contributed by atoms with Crippen LogP contribution in [0.4, 0.5) is 0 Å². The molecular weight excluding hydrogens is 536 g/mol. The highest BCUT2D eigenvalue weighted by molar-refractivity contribution is 7.71. The van der Waals surface area contributed by atoms with Gasteiger partial charge in [0.1, 0.15) is 26.4 Å². The van der Waals surface area contributed by atoms with Gasteiger partial charge >= 0.3 is 11.9 Å². The van der Waals surface area contributed by atoms with Crippen molar-refractivity contribution >= 4 is 51.5 Å². The van der Waals surface area contributed by atoms with Crippen molar-refractivity contribution in [3.8, 4) is 22.9 Å². The number of Topliss-reactive ketones (excluding diaryl/α,β-unsaturated/α-hetero) is 1. The molecule has 0 amide bonds. The normalized spacial score (nSPS) is 10.8. The van der Waals surface area contributed by atoms with Gasteiger partial charge in [-0.2, -0.15) is 0 Å². The average Bonchev–Trinajstić information content (AvgIpc) is 3.29. The molecule has 5 rings (SSSR count). The second-order valence-corrected chi connectivity index (χ2v) is 9.77. The minimum Gasteiger partial charge on any atom is -0.426 e. The number of hydrogen-bond donors (Lipinski definition) is 0. The highest BCUT2D eigenvalue weighted by atomic mass is 32.1. The SMILES string of the molecule is CC(=O)Oc1ccccc1C(=O)Oc1c(C(C)=O)sc2c1c(=O)n(-c1ccccc1)c(=S)n2-c1ccccc1. The van der Waals surface area contributed by atoms with Gasteiger partial charge in [0.25, 0.3) is 5.56 Å². The Hall–Kier alpha value is -4.67. The molecule has 8 nitrogen and oxygen atoms in total. The van der Waals surface area contributed by atoms with E-state index in [1.54, 1.807) is 41.0 Å². The predicted octanol–water partition coefficient (Wildman–Crippen LogP) is 5.92. The number of esters is 2. The maximum absolute atomic E-state index is 14.0. The zero-order valence-electron chi connectivity index (χ0n) is 20.7. The smallest absolute Gasteiger partial charge is 0.347 e. The number of thiophene rings is 1. The fourth-order valence-electron chi connectivity index (χ4n) is 4.10. The van der Waals surface area contributed by atoms with Crippen molar-refractivity contribution in [1.29, 1.82) is 0 Å². The van der Waals surface area contributed by atoms with Crippen molar-refractivity contribution in [3.63, 3.8) is 0 Å². The van der Waals surface area contributed by atoms with Gasteiger partial charge in [0.15, 0.2) is 16.3 Å². The zero-order valence-corrected chi connectivity index (χ0v) is 22.4. The Morgan fingerprint density at radius 3 is 1.92 bits per heavy atom. The van der Waals surface area contributed by atoms with Gasteiger partial charge in [-0.3, -0.25) is 23.5 Å². The minimum absolute atomic E-state index is 0.00667. The van der Waals surface area contributed by atoms with Gasteiger partial charge in [-0.05, 0) is 48.6 Å². The summed E-state index contributed by atoms with van der Waals surface area (Å²) in [5.41, 5.74) is 0.577. The topological polar surface area (TPSA) is 96.6 Å². The van der Waals surface area contributed by atoms with Crippen LogP contribution in [0.15, 0.2) is 89.7 Å². The molecule has 0 N–H and O–H groups in total. The number of ketones is 1. The van der Waals surface area contributed by atoms with Crippen LogP contribution in [0.25, 0.3) is 21.6 Å². The number of ether oxygens (including phenoxy) is 2. The van der Waals surface area contributed by atoms with E-state index in [9.17, 15) is 19.2 Å². The van der Waals surface area contributed by atoms with Crippen molar-refractivity contribution < 1.29 is 23.9 Å². The molecule has 2 aromatic heterocycles. The summed E-state index contributed by atoms with van der Waals surface area (Å²) in [5.74, 6) is -2.10. The molecule has 0 unspecified atom stereocenters. The van der Waals surface area contributed by atoms with E-state index >= 15 is 0 Å². The van der Waals surface area contributed by atoms with E-state index in [2.05, 4.69) is 0 Å². The minimum atomic E-state index is -0.895. The highest BCUT2D eigenvalue weighted by Crippen LogP contribution is 2.38. The summed E-state index contributed by atoms with van der Waals surface area (Å²) < 4.78 is 14.1. The molecule has 3 aromatic carbocycles. The number of para-hydroxylation sites is 3. The first-order valence-electron chi connectivity index (χ1n) is 11.7. The molecule has 39 heavy (non-hydrogen) atoms. The van der Waals surface area contributed by atoms with Crippen LogP contribution in [0.5, 0.6) is 11.5 Å². The Morgan fingerprint density at radius 2 is 1.33 bits per heavy atom. The van der Waals surface area contributed by atoms with E-state index < -0.39 is 23.3 Å². The Morgan fingerprint density at radius 1 is 0.769 bits per heavy atom. The fraction of sp³-hybridized carbons (Fsp3) is 0.0690. The van der Waals surface area contributed by atoms with Gasteiger partial charge in [-0.1, -0.05) is 48.5 Å². The lowest BCUT2D eigenvalue weighted by molar-refractivity contribution is -0.131. The molecule has 0 aliphatic rings. The molecule has 0 aliphatic heterocycles. The van der Waals surface area contributed by atoms with Crippen LogP contribution < -0.4 is 15.0 Å². The van der Waals surface area contributed by atoms with E-state index in [-0.39, 0.29) is 32.1 Å². The maximum atomic E-state index is 14.0. The molecule has 0 bridgehead atoms. The number of nitrogens with zero attached hydrogens (tertiary/aromatic N) is 2. The number of hydrogen-bond acceptors (Lipinski definition) is 8. The number of benzene rings is 3. The monoisotopic (exact) mass is 556 g/mol. The molecule has 2 heterocycles. The molecule has 0 atom stereocenters. The average molecular weight is 557 g/mol. The predicted molar refractivity (Wildman–Crippen MR) is 150 cm³/mol. The van der Waals surface area contributed by atoms with Crippen molar-refractivity contribution in [1.82, 2.24) is 9.13 Å². The quantitative estimate of drug-likeness (QED) is 0.111. The van der Waals surface area contributed by atoms with Crippen LogP contribution >= 0.6 is 23.6 Å².